The normalized spacial score (nSPS) is 17.3. The quantitative estimate of drug-likeness (QED) is 0.617. The Bertz CT molecular complexity index is 330. The fourth-order valence-electron chi connectivity index (χ4n) is 1.78. The third kappa shape index (κ3) is 13.0. The Hall–Kier alpha value is -0.456. The van der Waals surface area contributed by atoms with E-state index in [-0.39, 0.29) is 44.4 Å². The molecule has 0 aromatic heterocycles. The van der Waals surface area contributed by atoms with Crippen LogP contribution in [-0.4, -0.2) is 54.8 Å². The third-order valence-corrected chi connectivity index (χ3v) is 2.93. The largest absolute Gasteiger partial charge is 0.542 e. The van der Waals surface area contributed by atoms with E-state index in [0.717, 1.165) is 25.9 Å². The Balaban J connectivity index is 0. The van der Waals surface area contributed by atoms with Gasteiger partial charge in [0.05, 0.1) is 0 Å². The number of hydrogen-bond acceptors (Lipinski definition) is 5. The van der Waals surface area contributed by atoms with Crippen molar-refractivity contribution in [1.29, 1.82) is 0 Å². The van der Waals surface area contributed by atoms with Gasteiger partial charge < -0.3 is 15.0 Å². The molecule has 117 valence electrons. The van der Waals surface area contributed by atoms with Gasteiger partial charge in [-0.05, 0) is 0 Å². The average Bonchev–Trinajstić information content (AvgIpc) is 2.41. The first kappa shape index (κ1) is 22.8. The first-order valence-corrected chi connectivity index (χ1v) is 6.79. The topological polar surface area (TPSA) is 83.6 Å². The number of carbonyl (C=O) groups excluding carboxylic acids is 4. The molecule has 0 saturated carbocycles. The molecule has 2 heterocycles. The summed E-state index contributed by atoms with van der Waals surface area (Å²) in [5.41, 5.74) is 0. The van der Waals surface area contributed by atoms with Crippen LogP contribution in [0.25, 0.3) is 0 Å². The summed E-state index contributed by atoms with van der Waals surface area (Å²) in [5, 5.41) is 3.09. The summed E-state index contributed by atoms with van der Waals surface area (Å²) in [6.07, 6.45) is 4.05. The number of carbonyl (C=O) groups is 3. The van der Waals surface area contributed by atoms with E-state index in [9.17, 15) is 14.4 Å². The van der Waals surface area contributed by atoms with Crippen LogP contribution in [0.15, 0.2) is 0 Å². The van der Waals surface area contributed by atoms with Crippen molar-refractivity contribution in [2.24, 2.45) is 0 Å². The SMILES string of the molecule is CC(=O)N1CCC(=O)CC1.C[C-]=O.O=C1CCNCC1.[Y]. The molecule has 0 spiro atoms. The van der Waals surface area contributed by atoms with Gasteiger partial charge in [-0.15, -0.1) is 0 Å². The van der Waals surface area contributed by atoms with Crippen molar-refractivity contribution in [2.45, 2.75) is 39.5 Å². The van der Waals surface area contributed by atoms with Crippen LogP contribution in [-0.2, 0) is 51.9 Å². The van der Waals surface area contributed by atoms with Gasteiger partial charge in [0.2, 0.25) is 5.91 Å². The number of nitrogens with zero attached hydrogens (tertiary/aromatic N) is 1. The Morgan fingerprint density at radius 3 is 1.71 bits per heavy atom. The maximum absolute atomic E-state index is 10.7. The summed E-state index contributed by atoms with van der Waals surface area (Å²) in [6.45, 7) is 5.87. The van der Waals surface area contributed by atoms with Crippen molar-refractivity contribution in [1.82, 2.24) is 10.2 Å². The number of amides is 1. The van der Waals surface area contributed by atoms with Crippen LogP contribution < -0.4 is 5.32 Å². The molecule has 0 bridgehead atoms. The second-order valence-electron chi connectivity index (χ2n) is 4.54. The minimum absolute atomic E-state index is 0. The smallest absolute Gasteiger partial charge is 0.219 e. The predicted molar refractivity (Wildman–Crippen MR) is 75.0 cm³/mol. The minimum Gasteiger partial charge on any atom is -0.542 e. The zero-order chi connectivity index (χ0) is 15.4. The van der Waals surface area contributed by atoms with E-state index in [1.54, 1.807) is 4.90 Å². The van der Waals surface area contributed by atoms with Crippen LogP contribution in [0.1, 0.15) is 39.5 Å². The Morgan fingerprint density at radius 2 is 1.43 bits per heavy atom. The van der Waals surface area contributed by atoms with Gasteiger partial charge >= 0.3 is 0 Å². The molecule has 0 aromatic carbocycles. The molecular formula is C14H23N2O4Y-. The summed E-state index contributed by atoms with van der Waals surface area (Å²) in [7, 11) is 0. The minimum atomic E-state index is 0. The fraction of sp³-hybridized carbons (Fsp3) is 0.714. The van der Waals surface area contributed by atoms with Crippen LogP contribution in [0.3, 0.4) is 0 Å². The zero-order valence-electron chi connectivity index (χ0n) is 12.8. The Labute approximate surface area is 151 Å². The maximum Gasteiger partial charge on any atom is 0.219 e. The predicted octanol–water partition coefficient (Wildman–Crippen LogP) is 0.250. The van der Waals surface area contributed by atoms with E-state index in [2.05, 4.69) is 5.32 Å². The van der Waals surface area contributed by atoms with Crippen LogP contribution in [0.5, 0.6) is 0 Å². The summed E-state index contributed by atoms with van der Waals surface area (Å²) < 4.78 is 0. The van der Waals surface area contributed by atoms with Gasteiger partial charge in [-0.2, -0.15) is 6.92 Å². The number of rotatable bonds is 0. The van der Waals surface area contributed by atoms with Gasteiger partial charge in [-0.1, -0.05) is 0 Å². The molecule has 2 saturated heterocycles. The number of hydrogen-bond donors (Lipinski definition) is 1. The van der Waals surface area contributed by atoms with Gasteiger partial charge in [0.15, 0.2) is 0 Å². The third-order valence-electron chi connectivity index (χ3n) is 2.93. The number of ketones is 2. The standard InChI is InChI=1S/C7H11NO2.C5H9NO.C2H3O.Y/c1-6(9)8-4-2-7(10)3-5-8;7-5-1-3-6-4-2-5;1-2-3;/h2-5H2,1H3;6H,1-4H2;1H3;/q;;-1;. The molecule has 2 fully saturated rings. The number of Topliss-reactive ketones (excluding diaryl/α,β-unsaturated/α-hetero) is 2. The molecule has 0 unspecified atom stereocenters. The van der Waals surface area contributed by atoms with Crippen molar-refractivity contribution in [3.05, 3.63) is 0 Å². The van der Waals surface area contributed by atoms with Gasteiger partial charge in [-0.25, -0.2) is 0 Å². The van der Waals surface area contributed by atoms with Crippen LogP contribution in [0.2, 0.25) is 0 Å². The summed E-state index contributed by atoms with van der Waals surface area (Å²) in [4.78, 5) is 42.2. The van der Waals surface area contributed by atoms with Gasteiger partial charge in [0, 0.05) is 91.5 Å². The first-order valence-electron chi connectivity index (χ1n) is 6.79. The molecule has 1 amide bonds. The summed E-state index contributed by atoms with van der Waals surface area (Å²) >= 11 is 0. The number of piperidine rings is 2. The fourth-order valence-corrected chi connectivity index (χ4v) is 1.78. The molecule has 21 heavy (non-hydrogen) atoms. The Kier molecular flexibility index (Phi) is 15.7. The van der Waals surface area contributed by atoms with Gasteiger partial charge in [-0.3, -0.25) is 20.7 Å². The molecule has 1 radical (unpaired) electrons. The van der Waals surface area contributed by atoms with E-state index in [4.69, 9.17) is 4.79 Å². The van der Waals surface area contributed by atoms with E-state index < -0.39 is 0 Å². The second kappa shape index (κ2) is 14.5. The van der Waals surface area contributed by atoms with Crippen molar-refractivity contribution < 1.29 is 51.9 Å². The zero-order valence-corrected chi connectivity index (χ0v) is 15.7. The molecule has 2 rings (SSSR count). The monoisotopic (exact) mass is 372 g/mol. The molecule has 2 aliphatic heterocycles. The molecule has 0 atom stereocenters. The van der Waals surface area contributed by atoms with Crippen molar-refractivity contribution >= 4 is 23.8 Å². The Morgan fingerprint density at radius 1 is 1.05 bits per heavy atom. The molecule has 6 nitrogen and oxygen atoms in total. The molecule has 0 aromatic rings. The summed E-state index contributed by atoms with van der Waals surface area (Å²) in [5.74, 6) is 0.753. The molecule has 2 aliphatic rings. The van der Waals surface area contributed by atoms with E-state index in [1.165, 1.54) is 20.1 Å². The van der Waals surface area contributed by atoms with Gasteiger partial charge in [0.1, 0.15) is 11.6 Å². The molecule has 1 N–H and O–H groups in total. The first-order chi connectivity index (χ1) is 9.51. The van der Waals surface area contributed by atoms with Crippen molar-refractivity contribution in [3.63, 3.8) is 0 Å². The van der Waals surface area contributed by atoms with Crippen LogP contribution >= 0.6 is 0 Å². The van der Waals surface area contributed by atoms with Crippen molar-refractivity contribution in [2.75, 3.05) is 26.2 Å². The second-order valence-corrected chi connectivity index (χ2v) is 4.54. The van der Waals surface area contributed by atoms with Crippen LogP contribution in [0.4, 0.5) is 0 Å². The van der Waals surface area contributed by atoms with Crippen LogP contribution in [0, 0.1) is 0 Å². The summed E-state index contributed by atoms with van der Waals surface area (Å²) in [6, 6.07) is 0. The number of nitrogens with one attached hydrogen (secondary N) is 1. The number of likely N-dealkylation sites (tertiary alicyclic amines) is 1. The molecular weight excluding hydrogens is 349 g/mol. The van der Waals surface area contributed by atoms with E-state index in [1.807, 2.05) is 0 Å². The van der Waals surface area contributed by atoms with E-state index in [0.29, 0.717) is 31.7 Å². The maximum atomic E-state index is 10.7. The van der Waals surface area contributed by atoms with Gasteiger partial charge in [0.25, 0.3) is 0 Å². The average molecular weight is 372 g/mol. The molecule has 7 heteroatoms. The van der Waals surface area contributed by atoms with Crippen molar-refractivity contribution in [3.8, 4) is 0 Å². The van der Waals surface area contributed by atoms with E-state index >= 15 is 0 Å². The molecule has 0 aliphatic carbocycles.